The van der Waals surface area contributed by atoms with Crippen LogP contribution in [0.4, 0.5) is 17.1 Å². The first-order valence-electron chi connectivity index (χ1n) is 23.7. The monoisotopic (exact) mass is 855 g/mol. The normalized spacial score (nSPS) is 16.3. The van der Waals surface area contributed by atoms with Gasteiger partial charge in [0.05, 0.1) is 11.1 Å². The Bertz CT molecular complexity index is 3510. The highest BCUT2D eigenvalue weighted by Gasteiger charge is 2.48. The van der Waals surface area contributed by atoms with Crippen LogP contribution in [0.5, 0.6) is 0 Å². The lowest BCUT2D eigenvalue weighted by Gasteiger charge is -2.34. The molecule has 1 atom stereocenters. The molecule has 0 bridgehead atoms. The largest absolute Gasteiger partial charge is 0.310 e. The number of hydrogen-bond donors (Lipinski definition) is 0. The fourth-order valence-corrected chi connectivity index (χ4v) is 12.5. The second-order valence-electron chi connectivity index (χ2n) is 19.3. The van der Waals surface area contributed by atoms with Crippen LogP contribution in [-0.2, 0) is 16.2 Å². The van der Waals surface area contributed by atoms with Crippen LogP contribution in [0.25, 0.3) is 44.5 Å². The summed E-state index contributed by atoms with van der Waals surface area (Å²) in [5, 5.41) is 0. The lowest BCUT2D eigenvalue weighted by molar-refractivity contribution is 0.660. The molecule has 0 fully saturated rings. The highest BCUT2D eigenvalue weighted by molar-refractivity contribution is 5.98. The molecule has 13 rings (SSSR count). The van der Waals surface area contributed by atoms with E-state index < -0.39 is 5.41 Å². The third-order valence-electron chi connectivity index (χ3n) is 15.7. The zero-order valence-corrected chi connectivity index (χ0v) is 38.0. The summed E-state index contributed by atoms with van der Waals surface area (Å²) in [5.74, 6) is 0. The Morgan fingerprint density at radius 2 is 0.776 bits per heavy atom. The van der Waals surface area contributed by atoms with E-state index in [0.717, 1.165) is 17.1 Å². The minimum absolute atomic E-state index is 0.153. The van der Waals surface area contributed by atoms with Crippen LogP contribution < -0.4 is 4.90 Å². The number of benzene rings is 10. The van der Waals surface area contributed by atoms with Crippen molar-refractivity contribution in [3.63, 3.8) is 0 Å². The summed E-state index contributed by atoms with van der Waals surface area (Å²) >= 11 is 0. The average Bonchev–Trinajstić information content (AvgIpc) is 3.94. The predicted molar refractivity (Wildman–Crippen MR) is 279 cm³/mol. The van der Waals surface area contributed by atoms with Gasteiger partial charge in [0.15, 0.2) is 0 Å². The Balaban J connectivity index is 1.01. The van der Waals surface area contributed by atoms with Crippen molar-refractivity contribution in [2.75, 3.05) is 4.90 Å². The zero-order valence-electron chi connectivity index (χ0n) is 38.0. The summed E-state index contributed by atoms with van der Waals surface area (Å²) in [6.07, 6.45) is 0. The maximum atomic E-state index is 2.52. The molecule has 10 aromatic rings. The molecule has 1 nitrogen and oxygen atoms in total. The van der Waals surface area contributed by atoms with Gasteiger partial charge in [-0.15, -0.1) is 0 Å². The lowest BCUT2D eigenvalue weighted by atomic mass is 9.68. The first-order chi connectivity index (χ1) is 32.9. The van der Waals surface area contributed by atoms with Crippen LogP contribution in [0.15, 0.2) is 243 Å². The molecule has 0 radical (unpaired) electrons. The van der Waals surface area contributed by atoms with Crippen LogP contribution in [-0.4, -0.2) is 0 Å². The Morgan fingerprint density at radius 3 is 1.45 bits per heavy atom. The fourth-order valence-electron chi connectivity index (χ4n) is 12.5. The van der Waals surface area contributed by atoms with Crippen molar-refractivity contribution >= 4 is 17.1 Å². The topological polar surface area (TPSA) is 3.24 Å². The maximum absolute atomic E-state index is 2.52. The van der Waals surface area contributed by atoms with E-state index >= 15 is 0 Å². The van der Waals surface area contributed by atoms with Gasteiger partial charge in [-0.1, -0.05) is 220 Å². The molecule has 0 saturated heterocycles. The van der Waals surface area contributed by atoms with Gasteiger partial charge < -0.3 is 4.90 Å². The van der Waals surface area contributed by atoms with Gasteiger partial charge in [0.1, 0.15) is 0 Å². The van der Waals surface area contributed by atoms with Gasteiger partial charge in [0.2, 0.25) is 0 Å². The second kappa shape index (κ2) is 14.8. The fraction of sp³-hybridized carbons (Fsp3) is 0.0909. The number of hydrogen-bond acceptors (Lipinski definition) is 1. The van der Waals surface area contributed by atoms with E-state index in [1.807, 2.05) is 0 Å². The van der Waals surface area contributed by atoms with E-state index in [1.165, 1.54) is 94.6 Å². The van der Waals surface area contributed by atoms with Crippen molar-refractivity contribution in [2.45, 2.75) is 37.0 Å². The van der Waals surface area contributed by atoms with E-state index in [9.17, 15) is 0 Å². The summed E-state index contributed by atoms with van der Waals surface area (Å²) < 4.78 is 0. The third-order valence-corrected chi connectivity index (χ3v) is 15.7. The highest BCUT2D eigenvalue weighted by Crippen LogP contribution is 2.60. The summed E-state index contributed by atoms with van der Waals surface area (Å²) in [7, 11) is 0. The predicted octanol–water partition coefficient (Wildman–Crippen LogP) is 16.8. The molecule has 3 aliphatic rings. The van der Waals surface area contributed by atoms with Crippen molar-refractivity contribution < 1.29 is 0 Å². The van der Waals surface area contributed by atoms with E-state index in [-0.39, 0.29) is 10.8 Å². The molecule has 10 aromatic carbocycles. The molecule has 0 spiro atoms. The minimum atomic E-state index is -0.511. The van der Waals surface area contributed by atoms with E-state index in [1.54, 1.807) is 0 Å². The molecular weight excluding hydrogens is 807 g/mol. The Hall–Kier alpha value is -8.00. The number of fused-ring (bicyclic) bond motifs is 9. The molecule has 318 valence electrons. The summed E-state index contributed by atoms with van der Waals surface area (Å²) in [6.45, 7) is 7.15. The molecule has 3 aliphatic carbocycles. The van der Waals surface area contributed by atoms with Gasteiger partial charge in [-0.3, -0.25) is 0 Å². The lowest BCUT2D eigenvalue weighted by Crippen LogP contribution is -2.28. The Labute approximate surface area is 394 Å². The van der Waals surface area contributed by atoms with E-state index in [2.05, 4.69) is 268 Å². The molecule has 0 aliphatic heterocycles. The number of anilines is 3. The Morgan fingerprint density at radius 1 is 0.299 bits per heavy atom. The summed E-state index contributed by atoms with van der Waals surface area (Å²) in [5.41, 5.74) is 24.6. The van der Waals surface area contributed by atoms with Crippen LogP contribution >= 0.6 is 0 Å². The first kappa shape index (κ1) is 39.4. The van der Waals surface area contributed by atoms with E-state index in [4.69, 9.17) is 0 Å². The van der Waals surface area contributed by atoms with E-state index in [0.29, 0.717) is 0 Å². The number of nitrogens with zero attached hydrogens (tertiary/aromatic N) is 1. The summed E-state index contributed by atoms with van der Waals surface area (Å²) in [4.78, 5) is 2.52. The smallest absolute Gasteiger partial charge is 0.0714 e. The maximum Gasteiger partial charge on any atom is 0.0714 e. The molecule has 0 heterocycles. The SMILES string of the molecule is CC1(C)c2ccccc2-c2ccc(N(c3ccc(-c4ccc5c(c4)C(C)(c4ccccc4)c4ccccc4-5)cc3)c3cccc4c3-c3ccccc3C4(c3ccccc3)c3ccccc3)cc21. The molecule has 0 N–H and O–H groups in total. The molecule has 0 amide bonds. The molecule has 1 unspecified atom stereocenters. The third kappa shape index (κ3) is 5.55. The van der Waals surface area contributed by atoms with Crippen molar-refractivity contribution in [2.24, 2.45) is 0 Å². The van der Waals surface area contributed by atoms with Gasteiger partial charge in [-0.25, -0.2) is 0 Å². The van der Waals surface area contributed by atoms with Gasteiger partial charge in [-0.2, -0.15) is 0 Å². The van der Waals surface area contributed by atoms with Gasteiger partial charge in [0.25, 0.3) is 0 Å². The molecular formula is C66H49N. The molecule has 0 saturated carbocycles. The van der Waals surface area contributed by atoms with Crippen LogP contribution in [0, 0.1) is 0 Å². The minimum Gasteiger partial charge on any atom is -0.310 e. The van der Waals surface area contributed by atoms with Gasteiger partial charge >= 0.3 is 0 Å². The molecule has 0 aromatic heterocycles. The quantitative estimate of drug-likeness (QED) is 0.154. The molecule has 67 heavy (non-hydrogen) atoms. The molecule has 1 heteroatoms. The standard InChI is InChI=1S/C66H49N/c1-64(2)56-29-16-13-26-51(56)53-41-39-50(43-60(53)64)67(62-33-19-32-59-63(62)55-28-15-18-31-58(55)66(59,47-22-9-5-10-23-47)48-24-11-6-12-25-48)49-37-34-44(35-38-49)45-36-40-54-52-27-14-17-30-57(52)65(3,61(54)42-45)46-20-7-4-8-21-46/h4-43H,1-3H3. The second-order valence-corrected chi connectivity index (χ2v) is 19.3. The van der Waals surface area contributed by atoms with Gasteiger partial charge in [0, 0.05) is 27.8 Å². The first-order valence-corrected chi connectivity index (χ1v) is 23.7. The van der Waals surface area contributed by atoms with Crippen LogP contribution in [0.2, 0.25) is 0 Å². The van der Waals surface area contributed by atoms with Crippen molar-refractivity contribution in [3.8, 4) is 44.5 Å². The van der Waals surface area contributed by atoms with Gasteiger partial charge in [-0.05, 0) is 132 Å². The van der Waals surface area contributed by atoms with Crippen LogP contribution in [0.3, 0.4) is 0 Å². The highest BCUT2D eigenvalue weighted by atomic mass is 15.1. The van der Waals surface area contributed by atoms with Crippen molar-refractivity contribution in [1.29, 1.82) is 0 Å². The Kier molecular flexibility index (Phi) is 8.67. The number of rotatable bonds is 7. The van der Waals surface area contributed by atoms with Crippen LogP contribution in [0.1, 0.15) is 70.8 Å². The average molecular weight is 856 g/mol. The van der Waals surface area contributed by atoms with Crippen molar-refractivity contribution in [3.05, 3.63) is 293 Å². The zero-order chi connectivity index (χ0) is 44.9. The van der Waals surface area contributed by atoms with Crippen molar-refractivity contribution in [1.82, 2.24) is 0 Å². The summed E-state index contributed by atoms with van der Waals surface area (Å²) in [6, 6.07) is 90.8.